The van der Waals surface area contributed by atoms with Crippen LogP contribution in [-0.4, -0.2) is 14.2 Å². The quantitative estimate of drug-likeness (QED) is 0.289. The summed E-state index contributed by atoms with van der Waals surface area (Å²) >= 11 is 6.27. The fourth-order valence-electron chi connectivity index (χ4n) is 5.36. The van der Waals surface area contributed by atoms with Gasteiger partial charge in [0.2, 0.25) is 0 Å². The zero-order chi connectivity index (χ0) is 22.2. The van der Waals surface area contributed by atoms with Gasteiger partial charge in [-0.15, -0.1) is 0 Å². The number of methoxy groups -OCH3 is 2. The lowest BCUT2D eigenvalue weighted by Gasteiger charge is -2.28. The van der Waals surface area contributed by atoms with Crippen molar-refractivity contribution >= 4 is 33.1 Å². The third-order valence-electron chi connectivity index (χ3n) is 6.90. The first-order valence-corrected chi connectivity index (χ1v) is 11.5. The molecule has 1 atom stereocenters. The first kappa shape index (κ1) is 21.1. The Bertz CT molecular complexity index is 1290. The maximum absolute atomic E-state index is 14.3. The zero-order valence-electron chi connectivity index (χ0n) is 18.4. The normalized spacial score (nSPS) is 15.7. The number of hydrogen-bond donors (Lipinski definition) is 0. The monoisotopic (exact) mass is 448 g/mol. The smallest absolute Gasteiger partial charge is 0.131 e. The minimum absolute atomic E-state index is 0.211. The molecule has 5 rings (SSSR count). The van der Waals surface area contributed by atoms with Crippen LogP contribution in [0.4, 0.5) is 4.39 Å². The number of rotatable bonds is 5. The van der Waals surface area contributed by atoms with Gasteiger partial charge in [-0.3, -0.25) is 0 Å². The van der Waals surface area contributed by atoms with Crippen molar-refractivity contribution in [3.63, 3.8) is 0 Å². The molecular weight excluding hydrogens is 423 g/mol. The topological polar surface area (TPSA) is 18.5 Å². The summed E-state index contributed by atoms with van der Waals surface area (Å²) in [5.74, 6) is 1.83. The molecule has 0 radical (unpaired) electrons. The number of hydrogen-bond acceptors (Lipinski definition) is 2. The lowest BCUT2D eigenvalue weighted by molar-refractivity contribution is 0.405. The average molecular weight is 449 g/mol. The SMILES string of the molecule is COc1cccc2c1c(OC)cc1c3c(ccc12)[C@H](CCc1c(F)cccc1Cl)CCC3. The fourth-order valence-corrected chi connectivity index (χ4v) is 5.61. The molecule has 0 fully saturated rings. The molecule has 0 saturated heterocycles. The predicted octanol–water partition coefficient (Wildman–Crippen LogP) is 7.86. The van der Waals surface area contributed by atoms with Crippen molar-refractivity contribution in [3.05, 3.63) is 82.1 Å². The van der Waals surface area contributed by atoms with Gasteiger partial charge in [0, 0.05) is 10.6 Å². The molecule has 4 heteroatoms. The predicted molar refractivity (Wildman–Crippen MR) is 130 cm³/mol. The Labute approximate surface area is 192 Å². The van der Waals surface area contributed by atoms with Crippen LogP contribution >= 0.6 is 11.6 Å². The summed E-state index contributed by atoms with van der Waals surface area (Å²) in [6.07, 6.45) is 4.81. The van der Waals surface area contributed by atoms with E-state index in [1.54, 1.807) is 26.4 Å². The number of fused-ring (bicyclic) bond motifs is 5. The van der Waals surface area contributed by atoms with Crippen molar-refractivity contribution < 1.29 is 13.9 Å². The van der Waals surface area contributed by atoms with Crippen LogP contribution in [0.25, 0.3) is 21.5 Å². The van der Waals surface area contributed by atoms with E-state index in [9.17, 15) is 4.39 Å². The molecule has 164 valence electrons. The molecule has 4 aromatic carbocycles. The van der Waals surface area contributed by atoms with Crippen LogP contribution < -0.4 is 9.47 Å². The van der Waals surface area contributed by atoms with Crippen LogP contribution in [0.3, 0.4) is 0 Å². The average Bonchev–Trinajstić information content (AvgIpc) is 2.82. The van der Waals surface area contributed by atoms with E-state index in [0.717, 1.165) is 48.0 Å². The highest BCUT2D eigenvalue weighted by molar-refractivity contribution is 6.31. The van der Waals surface area contributed by atoms with E-state index in [1.807, 2.05) is 12.1 Å². The molecule has 0 bridgehead atoms. The van der Waals surface area contributed by atoms with Crippen molar-refractivity contribution in [2.75, 3.05) is 14.2 Å². The van der Waals surface area contributed by atoms with E-state index in [4.69, 9.17) is 21.1 Å². The zero-order valence-corrected chi connectivity index (χ0v) is 19.1. The minimum atomic E-state index is -0.211. The number of halogens is 2. The summed E-state index contributed by atoms with van der Waals surface area (Å²) in [7, 11) is 3.40. The molecule has 0 amide bonds. The van der Waals surface area contributed by atoms with Gasteiger partial charge in [-0.1, -0.05) is 41.9 Å². The number of aryl methyl sites for hydroxylation is 1. The number of ether oxygens (including phenoxy) is 2. The molecule has 1 aliphatic carbocycles. The highest BCUT2D eigenvalue weighted by Gasteiger charge is 2.24. The molecule has 0 aromatic heterocycles. The van der Waals surface area contributed by atoms with Crippen molar-refractivity contribution in [1.29, 1.82) is 0 Å². The van der Waals surface area contributed by atoms with Gasteiger partial charge in [-0.2, -0.15) is 0 Å². The first-order valence-electron chi connectivity index (χ1n) is 11.1. The molecule has 0 aliphatic heterocycles. The van der Waals surface area contributed by atoms with Crippen LogP contribution in [-0.2, 0) is 12.8 Å². The molecule has 0 unspecified atom stereocenters. The summed E-state index contributed by atoms with van der Waals surface area (Å²) in [5, 5.41) is 5.13. The summed E-state index contributed by atoms with van der Waals surface area (Å²) < 4.78 is 25.7. The van der Waals surface area contributed by atoms with Gasteiger partial charge in [0.25, 0.3) is 0 Å². The van der Waals surface area contributed by atoms with Crippen LogP contribution in [0.5, 0.6) is 11.5 Å². The van der Waals surface area contributed by atoms with E-state index < -0.39 is 0 Å². The lowest BCUT2D eigenvalue weighted by atomic mass is 9.77. The molecule has 4 aromatic rings. The molecule has 32 heavy (non-hydrogen) atoms. The standard InChI is InChI=1S/C28H26ClFO2/c1-31-26-11-4-8-21-20-15-14-18-17(12-13-22-24(29)9-5-10-25(22)30)6-3-7-19(18)23(20)16-27(32-2)28(21)26/h4-5,8-11,14-17H,3,6-7,12-13H2,1-2H3/t17-/m0/s1. The molecule has 0 N–H and O–H groups in total. The Kier molecular flexibility index (Phi) is 5.69. The second kappa shape index (κ2) is 8.63. The largest absolute Gasteiger partial charge is 0.496 e. The van der Waals surface area contributed by atoms with Crippen molar-refractivity contribution in [1.82, 2.24) is 0 Å². The van der Waals surface area contributed by atoms with Gasteiger partial charge in [0.15, 0.2) is 0 Å². The van der Waals surface area contributed by atoms with Crippen molar-refractivity contribution in [2.24, 2.45) is 0 Å². The third-order valence-corrected chi connectivity index (χ3v) is 7.25. The third kappa shape index (κ3) is 3.49. The van der Waals surface area contributed by atoms with E-state index >= 15 is 0 Å². The minimum Gasteiger partial charge on any atom is -0.496 e. The Morgan fingerprint density at radius 3 is 2.53 bits per heavy atom. The fraction of sp³-hybridized carbons (Fsp3) is 0.286. The molecule has 0 heterocycles. The van der Waals surface area contributed by atoms with Gasteiger partial charge in [0.05, 0.1) is 19.6 Å². The van der Waals surface area contributed by atoms with Crippen molar-refractivity contribution in [2.45, 2.75) is 38.0 Å². The van der Waals surface area contributed by atoms with Gasteiger partial charge >= 0.3 is 0 Å². The van der Waals surface area contributed by atoms with E-state index in [1.165, 1.54) is 28.0 Å². The Morgan fingerprint density at radius 2 is 1.75 bits per heavy atom. The van der Waals surface area contributed by atoms with Gasteiger partial charge in [0.1, 0.15) is 17.3 Å². The molecule has 1 aliphatic rings. The molecular formula is C28H26ClFO2. The summed E-state index contributed by atoms with van der Waals surface area (Å²) in [4.78, 5) is 0. The summed E-state index contributed by atoms with van der Waals surface area (Å²) in [6, 6.07) is 17.7. The molecule has 0 spiro atoms. The maximum atomic E-state index is 14.3. The van der Waals surface area contributed by atoms with Gasteiger partial charge < -0.3 is 9.47 Å². The highest BCUT2D eigenvalue weighted by Crippen LogP contribution is 2.44. The van der Waals surface area contributed by atoms with Crippen LogP contribution in [0, 0.1) is 5.82 Å². The van der Waals surface area contributed by atoms with Crippen LogP contribution in [0.1, 0.15) is 41.9 Å². The van der Waals surface area contributed by atoms with Gasteiger partial charge in [-0.05, 0) is 89.6 Å². The Hall–Kier alpha value is -2.78. The molecule has 2 nitrogen and oxygen atoms in total. The van der Waals surface area contributed by atoms with Crippen LogP contribution in [0.2, 0.25) is 5.02 Å². The van der Waals surface area contributed by atoms with Crippen molar-refractivity contribution in [3.8, 4) is 11.5 Å². The molecule has 0 saturated carbocycles. The second-order valence-electron chi connectivity index (χ2n) is 8.52. The van der Waals surface area contributed by atoms with E-state index in [0.29, 0.717) is 22.9 Å². The maximum Gasteiger partial charge on any atom is 0.131 e. The first-order chi connectivity index (χ1) is 15.6. The Morgan fingerprint density at radius 1 is 0.938 bits per heavy atom. The lowest BCUT2D eigenvalue weighted by Crippen LogP contribution is -2.12. The van der Waals surface area contributed by atoms with Crippen LogP contribution in [0.15, 0.2) is 54.6 Å². The van der Waals surface area contributed by atoms with Gasteiger partial charge in [-0.25, -0.2) is 4.39 Å². The van der Waals surface area contributed by atoms with E-state index in [2.05, 4.69) is 24.3 Å². The highest BCUT2D eigenvalue weighted by atomic mass is 35.5. The summed E-state index contributed by atoms with van der Waals surface area (Å²) in [6.45, 7) is 0. The second-order valence-corrected chi connectivity index (χ2v) is 8.93. The Balaban J connectivity index is 1.60. The number of benzene rings is 4. The summed E-state index contributed by atoms with van der Waals surface area (Å²) in [5.41, 5.74) is 3.39. The van der Waals surface area contributed by atoms with E-state index in [-0.39, 0.29) is 5.82 Å².